The van der Waals surface area contributed by atoms with Crippen molar-refractivity contribution in [3.63, 3.8) is 0 Å². The predicted molar refractivity (Wildman–Crippen MR) is 138 cm³/mol. The van der Waals surface area contributed by atoms with Gasteiger partial charge in [-0.1, -0.05) is 62.7 Å². The van der Waals surface area contributed by atoms with Gasteiger partial charge in [-0.3, -0.25) is 4.79 Å². The summed E-state index contributed by atoms with van der Waals surface area (Å²) in [6, 6.07) is 23.2. The number of benzene rings is 3. The molecule has 0 spiro atoms. The van der Waals surface area contributed by atoms with E-state index in [0.29, 0.717) is 23.7 Å². The van der Waals surface area contributed by atoms with E-state index in [2.05, 4.69) is 48.9 Å². The summed E-state index contributed by atoms with van der Waals surface area (Å²) in [5.74, 6) is 1.51. The Morgan fingerprint density at radius 2 is 1.79 bits per heavy atom. The maximum absolute atomic E-state index is 12.6. The van der Waals surface area contributed by atoms with Crippen LogP contribution in [0, 0.1) is 0 Å². The molecule has 6 heteroatoms. The van der Waals surface area contributed by atoms with E-state index < -0.39 is 0 Å². The van der Waals surface area contributed by atoms with Crippen molar-refractivity contribution < 1.29 is 9.53 Å². The molecule has 0 bridgehead atoms. The summed E-state index contributed by atoms with van der Waals surface area (Å²) in [7, 11) is 0. The zero-order valence-electron chi connectivity index (χ0n) is 19.8. The normalized spacial score (nSPS) is 11.5. The Balaban J connectivity index is 1.39. The minimum Gasteiger partial charge on any atom is -0.494 e. The van der Waals surface area contributed by atoms with Crippen LogP contribution in [-0.4, -0.2) is 22.1 Å². The molecule has 1 heterocycles. The van der Waals surface area contributed by atoms with Crippen LogP contribution in [0.4, 0.5) is 0 Å². The van der Waals surface area contributed by atoms with Crippen LogP contribution in [-0.2, 0) is 18.5 Å². The number of nitrogens with one attached hydrogen (secondary N) is 1. The van der Waals surface area contributed by atoms with Gasteiger partial charge in [0.2, 0.25) is 0 Å². The van der Waals surface area contributed by atoms with Crippen LogP contribution in [0.5, 0.6) is 5.75 Å². The molecule has 0 saturated carbocycles. The first-order valence-corrected chi connectivity index (χ1v) is 11.9. The number of aryl methyl sites for hydroxylation is 1. The van der Waals surface area contributed by atoms with Crippen molar-refractivity contribution in [3.8, 4) is 5.75 Å². The highest BCUT2D eigenvalue weighted by Gasteiger charge is 2.14. The van der Waals surface area contributed by atoms with Gasteiger partial charge in [0.25, 0.3) is 5.91 Å². The predicted octanol–water partition coefficient (Wildman–Crippen LogP) is 6.39. The number of amides is 1. The Bertz CT molecular complexity index is 1270. The molecule has 0 unspecified atom stereocenters. The monoisotopic (exact) mass is 475 g/mol. The topological polar surface area (TPSA) is 56.1 Å². The fourth-order valence-corrected chi connectivity index (χ4v) is 4.06. The fourth-order valence-electron chi connectivity index (χ4n) is 3.86. The smallest absolute Gasteiger partial charge is 0.251 e. The van der Waals surface area contributed by atoms with Crippen molar-refractivity contribution in [1.29, 1.82) is 0 Å². The lowest BCUT2D eigenvalue weighted by atomic mass is 9.87. The molecular weight excluding hydrogens is 446 g/mol. The number of imidazole rings is 1. The van der Waals surface area contributed by atoms with Crippen molar-refractivity contribution >= 4 is 28.5 Å². The lowest BCUT2D eigenvalue weighted by Gasteiger charge is -2.19. The van der Waals surface area contributed by atoms with Gasteiger partial charge in [-0.25, -0.2) is 4.98 Å². The molecule has 0 atom stereocenters. The minimum atomic E-state index is -0.178. The van der Waals surface area contributed by atoms with Gasteiger partial charge in [0, 0.05) is 17.1 Å². The fraction of sp³-hybridized carbons (Fsp3) is 0.286. The second-order valence-electron chi connectivity index (χ2n) is 9.34. The van der Waals surface area contributed by atoms with Gasteiger partial charge in [-0.05, 0) is 59.9 Å². The van der Waals surface area contributed by atoms with Gasteiger partial charge in [0.15, 0.2) is 0 Å². The maximum atomic E-state index is 12.6. The van der Waals surface area contributed by atoms with E-state index in [0.717, 1.165) is 35.6 Å². The van der Waals surface area contributed by atoms with Crippen LogP contribution < -0.4 is 10.1 Å². The number of carbonyl (C=O) groups excluding carboxylic acids is 1. The number of halogens is 1. The molecule has 176 valence electrons. The molecule has 1 N–H and O–H groups in total. The molecule has 0 aliphatic carbocycles. The van der Waals surface area contributed by atoms with Gasteiger partial charge >= 0.3 is 0 Å². The molecule has 1 aromatic heterocycles. The zero-order chi connectivity index (χ0) is 24.1. The number of fused-ring (bicyclic) bond motifs is 1. The first-order valence-electron chi connectivity index (χ1n) is 11.5. The van der Waals surface area contributed by atoms with Crippen LogP contribution in [0.15, 0.2) is 72.8 Å². The number of ether oxygens (including phenoxy) is 1. The van der Waals surface area contributed by atoms with Crippen LogP contribution in [0.25, 0.3) is 11.0 Å². The van der Waals surface area contributed by atoms with Crippen molar-refractivity contribution in [2.75, 3.05) is 6.61 Å². The number of carbonyl (C=O) groups is 1. The van der Waals surface area contributed by atoms with Gasteiger partial charge in [0.1, 0.15) is 11.6 Å². The molecule has 34 heavy (non-hydrogen) atoms. The largest absolute Gasteiger partial charge is 0.494 e. The number of hydrogen-bond donors (Lipinski definition) is 1. The van der Waals surface area contributed by atoms with Crippen LogP contribution in [0.3, 0.4) is 0 Å². The molecular formula is C28H30ClN3O2. The molecule has 5 nitrogen and oxygen atoms in total. The van der Waals surface area contributed by atoms with Gasteiger partial charge in [-0.2, -0.15) is 0 Å². The van der Waals surface area contributed by atoms with Gasteiger partial charge < -0.3 is 14.6 Å². The standard InChI is InChI=1S/C28H30ClN3O2/c1-28(2,3)21-12-14-23(15-13-21)34-17-7-16-32-25-11-5-4-10-24(25)31-26(32)19-30-27(33)20-8-6-9-22(29)18-20/h4-6,8-15,18H,7,16-17,19H2,1-3H3,(H,30,33). The van der Waals surface area contributed by atoms with Crippen LogP contribution in [0.2, 0.25) is 5.02 Å². The Labute approximate surface area is 205 Å². The van der Waals surface area contributed by atoms with Gasteiger partial charge in [0.05, 0.1) is 24.2 Å². The molecule has 0 radical (unpaired) electrons. The van der Waals surface area contributed by atoms with Crippen molar-refractivity contribution in [1.82, 2.24) is 14.9 Å². The number of hydrogen-bond acceptors (Lipinski definition) is 3. The van der Waals surface area contributed by atoms with Crippen LogP contribution >= 0.6 is 11.6 Å². The highest BCUT2D eigenvalue weighted by Crippen LogP contribution is 2.24. The Hall–Kier alpha value is -3.31. The van der Waals surface area contributed by atoms with E-state index in [1.807, 2.05) is 30.3 Å². The number of para-hydroxylation sites is 2. The summed E-state index contributed by atoms with van der Waals surface area (Å²) in [6.45, 7) is 8.27. The molecule has 0 fully saturated rings. The Morgan fingerprint density at radius 3 is 2.53 bits per heavy atom. The van der Waals surface area contributed by atoms with E-state index in [1.54, 1.807) is 24.3 Å². The summed E-state index contributed by atoms with van der Waals surface area (Å²) in [5.41, 5.74) is 3.90. The first-order chi connectivity index (χ1) is 16.3. The van der Waals surface area contributed by atoms with E-state index in [1.165, 1.54) is 5.56 Å². The van der Waals surface area contributed by atoms with E-state index in [-0.39, 0.29) is 11.3 Å². The second-order valence-corrected chi connectivity index (χ2v) is 9.77. The minimum absolute atomic E-state index is 0.125. The van der Waals surface area contributed by atoms with E-state index in [4.69, 9.17) is 21.3 Å². The summed E-state index contributed by atoms with van der Waals surface area (Å²) in [5, 5.41) is 3.50. The summed E-state index contributed by atoms with van der Waals surface area (Å²) >= 11 is 6.02. The van der Waals surface area contributed by atoms with E-state index in [9.17, 15) is 4.79 Å². The number of aromatic nitrogens is 2. The third-order valence-corrected chi connectivity index (χ3v) is 5.98. The highest BCUT2D eigenvalue weighted by atomic mass is 35.5. The molecule has 4 rings (SSSR count). The third-order valence-electron chi connectivity index (χ3n) is 5.74. The third kappa shape index (κ3) is 5.78. The van der Waals surface area contributed by atoms with Crippen molar-refractivity contribution in [3.05, 3.63) is 94.8 Å². The summed E-state index contributed by atoms with van der Waals surface area (Å²) < 4.78 is 8.13. The van der Waals surface area contributed by atoms with Crippen LogP contribution in [0.1, 0.15) is 48.9 Å². The maximum Gasteiger partial charge on any atom is 0.251 e. The molecule has 1 amide bonds. The summed E-state index contributed by atoms with van der Waals surface area (Å²) in [6.07, 6.45) is 0.816. The second kappa shape index (κ2) is 10.3. The van der Waals surface area contributed by atoms with Crippen molar-refractivity contribution in [2.45, 2.75) is 45.7 Å². The van der Waals surface area contributed by atoms with Gasteiger partial charge in [-0.15, -0.1) is 0 Å². The first kappa shape index (κ1) is 23.8. The molecule has 0 saturated heterocycles. The van der Waals surface area contributed by atoms with E-state index >= 15 is 0 Å². The average molecular weight is 476 g/mol. The average Bonchev–Trinajstić information content (AvgIpc) is 3.17. The number of rotatable bonds is 8. The number of nitrogens with zero attached hydrogens (tertiary/aromatic N) is 2. The highest BCUT2D eigenvalue weighted by molar-refractivity contribution is 6.30. The SMILES string of the molecule is CC(C)(C)c1ccc(OCCCn2c(CNC(=O)c3cccc(Cl)c3)nc3ccccc32)cc1. The van der Waals surface area contributed by atoms with Crippen molar-refractivity contribution in [2.24, 2.45) is 0 Å². The zero-order valence-corrected chi connectivity index (χ0v) is 20.6. The Morgan fingerprint density at radius 1 is 1.03 bits per heavy atom. The summed E-state index contributed by atoms with van der Waals surface area (Å²) in [4.78, 5) is 17.3. The Kier molecular flexibility index (Phi) is 7.23. The molecule has 0 aliphatic rings. The lowest BCUT2D eigenvalue weighted by molar-refractivity contribution is 0.0949. The quantitative estimate of drug-likeness (QED) is 0.300. The molecule has 3 aromatic carbocycles. The molecule has 4 aromatic rings. The molecule has 0 aliphatic heterocycles. The lowest BCUT2D eigenvalue weighted by Crippen LogP contribution is -2.25.